The van der Waals surface area contributed by atoms with Gasteiger partial charge in [0.2, 0.25) is 0 Å². The summed E-state index contributed by atoms with van der Waals surface area (Å²) < 4.78 is 5.81. The number of aromatic hydroxyl groups is 1. The van der Waals surface area contributed by atoms with Crippen molar-refractivity contribution >= 4 is 38.1 Å². The van der Waals surface area contributed by atoms with Gasteiger partial charge in [-0.05, 0) is 52.8 Å². The number of aliphatic imine (C=N–C) groups is 3. The van der Waals surface area contributed by atoms with Gasteiger partial charge >= 0.3 is 0 Å². The van der Waals surface area contributed by atoms with Gasteiger partial charge < -0.3 is 15.2 Å². The van der Waals surface area contributed by atoms with Gasteiger partial charge in [-0.3, -0.25) is 4.99 Å². The van der Waals surface area contributed by atoms with Crippen LogP contribution in [0.4, 0.5) is 0 Å². The molecular weight excluding hydrogens is 395 g/mol. The standard InChI is InChI=1S/C15H15IN4O2/c1-22-12-3-2-9(8-11(12)21)4-6-17-13-10-5-7-18-14(10)20-15(16)19-13/h2-3,5,7-8,10,21H,4,6H2,1H3,(H,17,18,19,20). The molecule has 2 aliphatic heterocycles. The molecule has 0 amide bonds. The molecule has 0 aliphatic carbocycles. The van der Waals surface area contributed by atoms with Crippen LogP contribution in [0.5, 0.6) is 11.5 Å². The SMILES string of the molecule is COc1ccc(CCN=C2N=C(I)NC3=NC=CC23)cc1O. The number of benzene rings is 1. The molecule has 0 fully saturated rings. The second-order valence-electron chi connectivity index (χ2n) is 4.86. The van der Waals surface area contributed by atoms with Crippen molar-refractivity contribution in [3.05, 3.63) is 36.0 Å². The lowest BCUT2D eigenvalue weighted by molar-refractivity contribution is 0.373. The normalized spacial score (nSPS) is 21.2. The molecule has 6 nitrogen and oxygen atoms in total. The molecule has 0 spiro atoms. The zero-order chi connectivity index (χ0) is 15.5. The summed E-state index contributed by atoms with van der Waals surface area (Å²) in [6.07, 6.45) is 4.48. The maximum absolute atomic E-state index is 9.78. The number of nitrogens with zero attached hydrogens (tertiary/aromatic N) is 3. The lowest BCUT2D eigenvalue weighted by Gasteiger charge is -2.18. The van der Waals surface area contributed by atoms with E-state index in [0.29, 0.717) is 12.3 Å². The van der Waals surface area contributed by atoms with E-state index >= 15 is 0 Å². The summed E-state index contributed by atoms with van der Waals surface area (Å²) in [4.78, 5) is 13.3. The molecule has 7 heteroatoms. The zero-order valence-corrected chi connectivity index (χ0v) is 14.1. The average molecular weight is 410 g/mol. The highest BCUT2D eigenvalue weighted by Gasteiger charge is 2.27. The number of rotatable bonds is 4. The predicted molar refractivity (Wildman–Crippen MR) is 95.3 cm³/mol. The van der Waals surface area contributed by atoms with Crippen LogP contribution in [-0.4, -0.2) is 34.3 Å². The van der Waals surface area contributed by atoms with Crippen molar-refractivity contribution in [2.75, 3.05) is 13.7 Å². The van der Waals surface area contributed by atoms with Crippen molar-refractivity contribution in [2.24, 2.45) is 20.9 Å². The summed E-state index contributed by atoms with van der Waals surface area (Å²) in [5.41, 5.74) is 1.01. The number of hydrogen-bond acceptors (Lipinski definition) is 5. The van der Waals surface area contributed by atoms with E-state index in [0.717, 1.165) is 27.5 Å². The van der Waals surface area contributed by atoms with E-state index in [-0.39, 0.29) is 11.7 Å². The van der Waals surface area contributed by atoms with Crippen LogP contribution in [0.3, 0.4) is 0 Å². The number of nitrogens with one attached hydrogen (secondary N) is 1. The second kappa shape index (κ2) is 6.47. The monoisotopic (exact) mass is 410 g/mol. The number of phenolic OH excluding ortho intramolecular Hbond substituents is 1. The molecule has 0 saturated heterocycles. The second-order valence-corrected chi connectivity index (χ2v) is 5.88. The molecular formula is C15H15IN4O2. The van der Waals surface area contributed by atoms with Crippen molar-refractivity contribution in [1.29, 1.82) is 0 Å². The number of halogens is 1. The van der Waals surface area contributed by atoms with Gasteiger partial charge in [-0.1, -0.05) is 6.07 Å². The van der Waals surface area contributed by atoms with E-state index < -0.39 is 0 Å². The Morgan fingerprint density at radius 1 is 1.45 bits per heavy atom. The molecule has 0 saturated carbocycles. The van der Waals surface area contributed by atoms with Crippen LogP contribution in [0.25, 0.3) is 0 Å². The van der Waals surface area contributed by atoms with Gasteiger partial charge in [0, 0.05) is 12.7 Å². The molecule has 22 heavy (non-hydrogen) atoms. The summed E-state index contributed by atoms with van der Waals surface area (Å²) in [6.45, 7) is 0.603. The third kappa shape index (κ3) is 3.13. The zero-order valence-electron chi connectivity index (χ0n) is 12.0. The maximum atomic E-state index is 9.78. The topological polar surface area (TPSA) is 78.6 Å². The Morgan fingerprint density at radius 3 is 3.09 bits per heavy atom. The Morgan fingerprint density at radius 2 is 2.32 bits per heavy atom. The maximum Gasteiger partial charge on any atom is 0.171 e. The first-order valence-corrected chi connectivity index (χ1v) is 7.91. The van der Waals surface area contributed by atoms with Gasteiger partial charge in [0.15, 0.2) is 15.3 Å². The summed E-state index contributed by atoms with van der Waals surface area (Å²) in [5.74, 6) is 2.30. The minimum absolute atomic E-state index is 0.0304. The number of hydrogen-bond donors (Lipinski definition) is 2. The van der Waals surface area contributed by atoms with Crippen LogP contribution in [0.2, 0.25) is 0 Å². The molecule has 1 aromatic carbocycles. The molecule has 2 aliphatic rings. The third-order valence-electron chi connectivity index (χ3n) is 3.43. The molecule has 0 aromatic heterocycles. The van der Waals surface area contributed by atoms with Gasteiger partial charge in [-0.25, -0.2) is 9.98 Å². The van der Waals surface area contributed by atoms with Crippen LogP contribution in [0.1, 0.15) is 5.56 Å². The van der Waals surface area contributed by atoms with Gasteiger partial charge in [0.05, 0.1) is 13.0 Å². The van der Waals surface area contributed by atoms with Gasteiger partial charge in [-0.2, -0.15) is 0 Å². The fraction of sp³-hybridized carbons (Fsp3) is 0.267. The summed E-state index contributed by atoms with van der Waals surface area (Å²) in [7, 11) is 1.53. The van der Waals surface area contributed by atoms with Crippen LogP contribution < -0.4 is 10.1 Å². The first kappa shape index (κ1) is 15.0. The first-order valence-electron chi connectivity index (χ1n) is 6.83. The molecule has 1 atom stereocenters. The number of phenols is 1. The van der Waals surface area contributed by atoms with Crippen LogP contribution >= 0.6 is 22.6 Å². The fourth-order valence-corrected chi connectivity index (χ4v) is 2.85. The van der Waals surface area contributed by atoms with Gasteiger partial charge in [0.25, 0.3) is 0 Å². The molecule has 1 unspecified atom stereocenters. The molecule has 2 heterocycles. The molecule has 2 N–H and O–H groups in total. The lowest BCUT2D eigenvalue weighted by Crippen LogP contribution is -2.39. The highest BCUT2D eigenvalue weighted by atomic mass is 127. The van der Waals surface area contributed by atoms with E-state index in [2.05, 4.69) is 42.9 Å². The number of ether oxygens (including phenoxy) is 1. The Bertz CT molecular complexity index is 709. The highest BCUT2D eigenvalue weighted by Crippen LogP contribution is 2.26. The Kier molecular flexibility index (Phi) is 4.41. The van der Waals surface area contributed by atoms with Crippen molar-refractivity contribution in [3.8, 4) is 11.5 Å². The number of fused-ring (bicyclic) bond motifs is 1. The van der Waals surface area contributed by atoms with E-state index in [9.17, 15) is 5.11 Å². The van der Waals surface area contributed by atoms with E-state index in [1.165, 1.54) is 7.11 Å². The Labute approximate surface area is 141 Å². The third-order valence-corrected chi connectivity index (χ3v) is 3.94. The van der Waals surface area contributed by atoms with Crippen LogP contribution in [-0.2, 0) is 6.42 Å². The lowest BCUT2D eigenvalue weighted by atomic mass is 10.1. The minimum Gasteiger partial charge on any atom is -0.504 e. The Hall–Kier alpha value is -1.90. The number of methoxy groups -OCH3 is 1. The van der Waals surface area contributed by atoms with Crippen molar-refractivity contribution in [1.82, 2.24) is 5.32 Å². The summed E-state index contributed by atoms with van der Waals surface area (Å²) in [6, 6.07) is 5.39. The van der Waals surface area contributed by atoms with Crippen LogP contribution in [0.15, 0.2) is 45.5 Å². The van der Waals surface area contributed by atoms with E-state index in [4.69, 9.17) is 4.74 Å². The molecule has 3 rings (SSSR count). The smallest absolute Gasteiger partial charge is 0.171 e. The van der Waals surface area contributed by atoms with E-state index in [1.54, 1.807) is 18.3 Å². The van der Waals surface area contributed by atoms with Crippen molar-refractivity contribution in [2.45, 2.75) is 6.42 Å². The molecule has 114 valence electrons. The minimum atomic E-state index is 0.0304. The quantitative estimate of drug-likeness (QED) is 0.591. The predicted octanol–water partition coefficient (Wildman–Crippen LogP) is 2.28. The van der Waals surface area contributed by atoms with Crippen LogP contribution in [0, 0.1) is 5.92 Å². The highest BCUT2D eigenvalue weighted by molar-refractivity contribution is 14.1. The van der Waals surface area contributed by atoms with Gasteiger partial charge in [0.1, 0.15) is 11.7 Å². The largest absolute Gasteiger partial charge is 0.504 e. The van der Waals surface area contributed by atoms with Crippen molar-refractivity contribution < 1.29 is 9.84 Å². The Balaban J connectivity index is 1.69. The summed E-state index contributed by atoms with van der Waals surface area (Å²) >= 11 is 2.13. The first-order chi connectivity index (χ1) is 10.7. The van der Waals surface area contributed by atoms with Crippen molar-refractivity contribution in [3.63, 3.8) is 0 Å². The number of amidine groups is 3. The molecule has 0 radical (unpaired) electrons. The summed E-state index contributed by atoms with van der Waals surface area (Å²) in [5, 5.41) is 12.9. The molecule has 1 aromatic rings. The fourth-order valence-electron chi connectivity index (χ4n) is 2.33. The molecule has 0 bridgehead atoms. The van der Waals surface area contributed by atoms with E-state index in [1.807, 2.05) is 12.1 Å². The van der Waals surface area contributed by atoms with Gasteiger partial charge in [-0.15, -0.1) is 0 Å². The average Bonchev–Trinajstić information content (AvgIpc) is 2.95.